The molecule has 1 aromatic heterocycles. The van der Waals surface area contributed by atoms with Gasteiger partial charge in [0.05, 0.1) is 22.0 Å². The molecule has 6 nitrogen and oxygen atoms in total. The van der Waals surface area contributed by atoms with Crippen LogP contribution in [-0.2, 0) is 6.42 Å². The van der Waals surface area contributed by atoms with E-state index in [1.807, 2.05) is 22.2 Å². The Bertz CT molecular complexity index is 1580. The molecule has 1 aliphatic rings. The second-order valence-corrected chi connectivity index (χ2v) is 10.2. The van der Waals surface area contributed by atoms with Crippen molar-refractivity contribution in [2.24, 2.45) is 10.1 Å². The van der Waals surface area contributed by atoms with Crippen LogP contribution in [0.15, 0.2) is 70.1 Å². The van der Waals surface area contributed by atoms with Gasteiger partial charge in [-0.1, -0.05) is 23.8 Å². The average Bonchev–Trinajstić information content (AvgIpc) is 3.24. The molecule has 7 heteroatoms. The molecule has 0 saturated heterocycles. The van der Waals surface area contributed by atoms with Crippen molar-refractivity contribution < 1.29 is 4.92 Å². The fourth-order valence-corrected chi connectivity index (χ4v) is 5.61. The Labute approximate surface area is 214 Å². The lowest BCUT2D eigenvalue weighted by Crippen LogP contribution is -2.19. The van der Waals surface area contributed by atoms with Crippen molar-refractivity contribution in [3.8, 4) is 11.3 Å². The predicted octanol–water partition coefficient (Wildman–Crippen LogP) is 7.18. The highest BCUT2D eigenvalue weighted by molar-refractivity contribution is 7.07. The second-order valence-electron chi connectivity index (χ2n) is 9.36. The Morgan fingerprint density at radius 3 is 2.50 bits per heavy atom. The lowest BCUT2D eigenvalue weighted by Gasteiger charge is -2.21. The Morgan fingerprint density at radius 2 is 1.75 bits per heavy atom. The SMILES string of the molecule is Cc1cc(C)c2c(c1)C(=Nn1c(-c3ccc([N+](=O)[O-])cc3)csc1=Nc1cccc(C)c1C)CCC2. The predicted molar refractivity (Wildman–Crippen MR) is 146 cm³/mol. The molecule has 0 fully saturated rings. The number of aryl methyl sites for hydroxylation is 3. The molecule has 5 rings (SSSR count). The first-order valence-corrected chi connectivity index (χ1v) is 12.9. The first-order chi connectivity index (χ1) is 17.3. The van der Waals surface area contributed by atoms with E-state index in [0.717, 1.165) is 52.3 Å². The highest BCUT2D eigenvalue weighted by Crippen LogP contribution is 2.29. The molecule has 0 bridgehead atoms. The van der Waals surface area contributed by atoms with E-state index in [-0.39, 0.29) is 10.6 Å². The maximum atomic E-state index is 11.2. The number of non-ortho nitro benzene ring substituents is 1. The van der Waals surface area contributed by atoms with Gasteiger partial charge in [0.1, 0.15) is 0 Å². The molecule has 0 aliphatic heterocycles. The molecular weight excluding hydrogens is 468 g/mol. The van der Waals surface area contributed by atoms with Gasteiger partial charge in [0.2, 0.25) is 4.80 Å². The number of fused-ring (bicyclic) bond motifs is 1. The molecule has 0 atom stereocenters. The molecular formula is C29H28N4O2S. The third-order valence-corrected chi connectivity index (χ3v) is 7.66. The molecule has 3 aromatic carbocycles. The molecule has 36 heavy (non-hydrogen) atoms. The summed E-state index contributed by atoms with van der Waals surface area (Å²) in [5.74, 6) is 0. The van der Waals surface area contributed by atoms with Crippen LogP contribution in [0.4, 0.5) is 11.4 Å². The summed E-state index contributed by atoms with van der Waals surface area (Å²) in [4.78, 5) is 16.6. The van der Waals surface area contributed by atoms with Crippen molar-refractivity contribution in [2.75, 3.05) is 0 Å². The highest BCUT2D eigenvalue weighted by atomic mass is 32.1. The molecule has 0 amide bonds. The zero-order chi connectivity index (χ0) is 25.4. The zero-order valence-corrected chi connectivity index (χ0v) is 21.7. The van der Waals surface area contributed by atoms with Crippen molar-refractivity contribution >= 4 is 28.4 Å². The second kappa shape index (κ2) is 9.66. The van der Waals surface area contributed by atoms with Crippen LogP contribution in [0.2, 0.25) is 0 Å². The highest BCUT2D eigenvalue weighted by Gasteiger charge is 2.19. The van der Waals surface area contributed by atoms with Gasteiger partial charge in [-0.15, -0.1) is 11.3 Å². The number of rotatable bonds is 4. The Morgan fingerprint density at radius 1 is 0.972 bits per heavy atom. The monoisotopic (exact) mass is 496 g/mol. The normalized spacial score (nSPS) is 14.8. The van der Waals surface area contributed by atoms with Gasteiger partial charge in [0.25, 0.3) is 5.69 Å². The van der Waals surface area contributed by atoms with Crippen LogP contribution in [0.3, 0.4) is 0 Å². The minimum atomic E-state index is -0.378. The topological polar surface area (TPSA) is 72.8 Å². The van der Waals surface area contributed by atoms with Gasteiger partial charge < -0.3 is 0 Å². The first-order valence-electron chi connectivity index (χ1n) is 12.1. The van der Waals surface area contributed by atoms with Gasteiger partial charge in [-0.2, -0.15) is 5.10 Å². The van der Waals surface area contributed by atoms with Crippen molar-refractivity contribution in [3.05, 3.63) is 108 Å². The van der Waals surface area contributed by atoms with Gasteiger partial charge in [-0.25, -0.2) is 9.67 Å². The summed E-state index contributed by atoms with van der Waals surface area (Å²) in [6.45, 7) is 8.47. The fourth-order valence-electron chi connectivity index (χ4n) is 4.76. The number of nitrogens with zero attached hydrogens (tertiary/aromatic N) is 4. The molecule has 0 radical (unpaired) electrons. The van der Waals surface area contributed by atoms with Crippen LogP contribution in [-0.4, -0.2) is 15.3 Å². The number of hydrogen-bond donors (Lipinski definition) is 0. The van der Waals surface area contributed by atoms with E-state index in [1.54, 1.807) is 12.1 Å². The number of aromatic nitrogens is 1. The van der Waals surface area contributed by atoms with Crippen molar-refractivity contribution in [1.29, 1.82) is 0 Å². The summed E-state index contributed by atoms with van der Waals surface area (Å²) in [6.07, 6.45) is 3.00. The van der Waals surface area contributed by atoms with Crippen LogP contribution in [0.5, 0.6) is 0 Å². The minimum Gasteiger partial charge on any atom is -0.258 e. The van der Waals surface area contributed by atoms with E-state index in [4.69, 9.17) is 10.1 Å². The number of nitro groups is 1. The van der Waals surface area contributed by atoms with E-state index in [0.29, 0.717) is 0 Å². The van der Waals surface area contributed by atoms with E-state index < -0.39 is 0 Å². The van der Waals surface area contributed by atoms with Crippen LogP contribution in [0.25, 0.3) is 11.3 Å². The molecule has 0 unspecified atom stereocenters. The smallest absolute Gasteiger partial charge is 0.258 e. The standard InChI is InChI=1S/C29H28N4O2S/c1-18-15-20(3)24-8-6-10-27(25(24)16-18)31-32-28(22-11-13-23(14-12-22)33(34)35)17-36-29(32)30-26-9-5-7-19(2)21(26)4/h5,7,9,11-17H,6,8,10H2,1-4H3. The Hall–Kier alpha value is -3.84. The Kier molecular flexibility index (Phi) is 6.41. The van der Waals surface area contributed by atoms with Gasteiger partial charge in [-0.3, -0.25) is 10.1 Å². The molecule has 4 aromatic rings. The summed E-state index contributed by atoms with van der Waals surface area (Å²) in [7, 11) is 0. The largest absolute Gasteiger partial charge is 0.269 e. The first kappa shape index (κ1) is 23.9. The third-order valence-electron chi connectivity index (χ3n) is 6.84. The summed E-state index contributed by atoms with van der Waals surface area (Å²) >= 11 is 1.52. The lowest BCUT2D eigenvalue weighted by molar-refractivity contribution is -0.384. The van der Waals surface area contributed by atoms with Crippen molar-refractivity contribution in [1.82, 2.24) is 4.68 Å². The van der Waals surface area contributed by atoms with Crippen LogP contribution < -0.4 is 4.80 Å². The maximum absolute atomic E-state index is 11.2. The van der Waals surface area contributed by atoms with Gasteiger partial charge >= 0.3 is 0 Å². The minimum absolute atomic E-state index is 0.0688. The maximum Gasteiger partial charge on any atom is 0.269 e. The molecule has 1 heterocycles. The van der Waals surface area contributed by atoms with Gasteiger partial charge in [-0.05, 0) is 93.5 Å². The lowest BCUT2D eigenvalue weighted by atomic mass is 9.86. The van der Waals surface area contributed by atoms with Crippen LogP contribution in [0.1, 0.15) is 46.2 Å². The summed E-state index contributed by atoms with van der Waals surface area (Å²) < 4.78 is 1.91. The molecule has 1 aliphatic carbocycles. The summed E-state index contributed by atoms with van der Waals surface area (Å²) in [5.41, 5.74) is 11.2. The van der Waals surface area contributed by atoms with Gasteiger partial charge in [0.15, 0.2) is 0 Å². The van der Waals surface area contributed by atoms with E-state index in [2.05, 4.69) is 45.9 Å². The molecule has 0 N–H and O–H groups in total. The molecule has 182 valence electrons. The van der Waals surface area contributed by atoms with E-state index in [9.17, 15) is 10.1 Å². The summed E-state index contributed by atoms with van der Waals surface area (Å²) in [6, 6.07) is 17.2. The van der Waals surface area contributed by atoms with Crippen molar-refractivity contribution in [2.45, 2.75) is 47.0 Å². The van der Waals surface area contributed by atoms with Gasteiger partial charge in [0, 0.05) is 28.6 Å². The van der Waals surface area contributed by atoms with E-state index in [1.165, 1.54) is 51.3 Å². The third kappa shape index (κ3) is 4.54. The van der Waals surface area contributed by atoms with Crippen LogP contribution >= 0.6 is 11.3 Å². The number of hydrogen-bond acceptors (Lipinski definition) is 5. The van der Waals surface area contributed by atoms with E-state index >= 15 is 0 Å². The summed E-state index contributed by atoms with van der Waals surface area (Å²) in [5, 5.41) is 18.4. The Balaban J connectivity index is 1.73. The number of benzene rings is 3. The quantitative estimate of drug-likeness (QED) is 0.222. The molecule has 0 spiro atoms. The van der Waals surface area contributed by atoms with Crippen LogP contribution in [0, 0.1) is 37.8 Å². The van der Waals surface area contributed by atoms with Crippen molar-refractivity contribution in [3.63, 3.8) is 0 Å². The average molecular weight is 497 g/mol. The molecule has 0 saturated carbocycles. The number of nitro benzene ring substituents is 1. The fraction of sp³-hybridized carbons (Fsp3) is 0.241. The zero-order valence-electron chi connectivity index (χ0n) is 20.9. The number of thiazole rings is 1.